The minimum absolute atomic E-state index is 0.0333. The molecular formula is C44H72O6. The molecule has 0 fully saturated rings. The molecule has 284 valence electrons. The van der Waals surface area contributed by atoms with E-state index in [1.54, 1.807) is 24.3 Å². The molecule has 0 aliphatic carbocycles. The number of carbonyl (C=O) groups is 2. The molecule has 0 amide bonds. The third kappa shape index (κ3) is 20.8. The molecule has 0 unspecified atom stereocenters. The number of Topliss-reactive ketones (excluding diaryl/α,β-unsaturated/α-hetero) is 2. The molecule has 0 aromatic heterocycles. The van der Waals surface area contributed by atoms with Gasteiger partial charge in [-0.2, -0.15) is 0 Å². The molecule has 0 aliphatic rings. The third-order valence-corrected chi connectivity index (χ3v) is 8.83. The summed E-state index contributed by atoms with van der Waals surface area (Å²) in [5.74, 6) is 1.37. The fourth-order valence-electron chi connectivity index (χ4n) is 5.53. The minimum Gasteiger partial charge on any atom is -0.494 e. The molecule has 0 saturated heterocycles. The van der Waals surface area contributed by atoms with E-state index < -0.39 is 11.2 Å². The molecule has 0 atom stereocenters. The summed E-state index contributed by atoms with van der Waals surface area (Å²) in [4.78, 5) is 24.7. The van der Waals surface area contributed by atoms with Gasteiger partial charge in [-0.3, -0.25) is 9.59 Å². The van der Waals surface area contributed by atoms with Gasteiger partial charge in [-0.25, -0.2) is 0 Å². The number of hydrogen-bond donors (Lipinski definition) is 1. The Hall–Kier alpha value is -2.70. The summed E-state index contributed by atoms with van der Waals surface area (Å²) in [6, 6.07) is 14.5. The average molecular weight is 697 g/mol. The second-order valence-corrected chi connectivity index (χ2v) is 14.6. The number of ether oxygens (including phenoxy) is 3. The lowest BCUT2D eigenvalue weighted by molar-refractivity contribution is -0.00588. The third-order valence-electron chi connectivity index (χ3n) is 8.83. The molecule has 0 bridgehead atoms. The van der Waals surface area contributed by atoms with Crippen LogP contribution in [0.2, 0.25) is 0 Å². The van der Waals surface area contributed by atoms with Gasteiger partial charge in [-0.15, -0.1) is 0 Å². The minimum atomic E-state index is -1.33. The van der Waals surface area contributed by atoms with E-state index in [0.717, 1.165) is 37.4 Å². The van der Waals surface area contributed by atoms with Gasteiger partial charge in [0.2, 0.25) is 0 Å². The lowest BCUT2D eigenvalue weighted by Crippen LogP contribution is -2.35. The standard InChI is InChI=1S/C26H44O3.C18H28O3/c1-5-7-9-11-13-15-21-28-24-19-17-23(18-20-24)25(27)26(3,4)29-22-16-14-12-10-8-6-2;1-4-5-6-7-8-9-14-21-16-12-10-15(11-13-16)17(19)18(2,3)20/h17-20H,5-16,21-22H2,1-4H3;10-13,20H,4-9,14H2,1-3H3. The monoisotopic (exact) mass is 697 g/mol. The van der Waals surface area contributed by atoms with Gasteiger partial charge in [-0.05, 0) is 95.5 Å². The molecule has 0 spiro atoms. The van der Waals surface area contributed by atoms with Crippen LogP contribution in [0.25, 0.3) is 0 Å². The van der Waals surface area contributed by atoms with E-state index in [1.807, 2.05) is 38.1 Å². The molecule has 2 rings (SSSR count). The van der Waals surface area contributed by atoms with Crippen LogP contribution in [0.1, 0.15) is 185 Å². The van der Waals surface area contributed by atoms with Crippen molar-refractivity contribution in [1.82, 2.24) is 0 Å². The summed E-state index contributed by atoms with van der Waals surface area (Å²) in [6.45, 7) is 15.5. The second kappa shape index (κ2) is 27.0. The van der Waals surface area contributed by atoms with Crippen LogP contribution >= 0.6 is 0 Å². The molecule has 1 N–H and O–H groups in total. The van der Waals surface area contributed by atoms with Crippen LogP contribution in [0.15, 0.2) is 48.5 Å². The molecule has 0 heterocycles. The van der Waals surface area contributed by atoms with Crippen molar-refractivity contribution in [2.75, 3.05) is 19.8 Å². The zero-order valence-corrected chi connectivity index (χ0v) is 33.0. The molecule has 50 heavy (non-hydrogen) atoms. The van der Waals surface area contributed by atoms with Crippen LogP contribution in [-0.4, -0.2) is 47.7 Å². The first kappa shape index (κ1) is 45.3. The summed E-state index contributed by atoms with van der Waals surface area (Å²) < 4.78 is 17.4. The Balaban J connectivity index is 0.000000526. The quantitative estimate of drug-likeness (QED) is 0.0704. The topological polar surface area (TPSA) is 82.1 Å². The number of rotatable bonds is 28. The molecule has 0 saturated carbocycles. The first-order chi connectivity index (χ1) is 24.0. The number of hydrogen-bond acceptors (Lipinski definition) is 6. The van der Waals surface area contributed by atoms with Crippen molar-refractivity contribution >= 4 is 11.6 Å². The highest BCUT2D eigenvalue weighted by molar-refractivity contribution is 6.02. The number of aliphatic hydroxyl groups is 1. The Morgan fingerprint density at radius 2 is 0.800 bits per heavy atom. The van der Waals surface area contributed by atoms with Crippen LogP contribution in [0.3, 0.4) is 0 Å². The van der Waals surface area contributed by atoms with Crippen LogP contribution < -0.4 is 9.47 Å². The fourth-order valence-corrected chi connectivity index (χ4v) is 5.53. The van der Waals surface area contributed by atoms with E-state index in [9.17, 15) is 14.7 Å². The summed E-state index contributed by atoms with van der Waals surface area (Å²) >= 11 is 0. The highest BCUT2D eigenvalue weighted by atomic mass is 16.5. The highest BCUT2D eigenvalue weighted by Gasteiger charge is 2.29. The molecule has 0 radical (unpaired) electrons. The maximum Gasteiger partial charge on any atom is 0.194 e. The normalized spacial score (nSPS) is 11.5. The van der Waals surface area contributed by atoms with Crippen LogP contribution in [0.5, 0.6) is 11.5 Å². The number of unbranched alkanes of at least 4 members (excludes halogenated alkanes) is 15. The SMILES string of the molecule is CCCCCCCCOc1ccc(C(=O)C(C)(C)O)cc1.CCCCCCCCOc1ccc(C(=O)C(C)(C)OCCCCCCCC)cc1. The highest BCUT2D eigenvalue weighted by Crippen LogP contribution is 2.22. The van der Waals surface area contributed by atoms with E-state index in [4.69, 9.17) is 14.2 Å². The Labute approximate surface area is 306 Å². The molecular weight excluding hydrogens is 624 g/mol. The van der Waals surface area contributed by atoms with Gasteiger partial charge < -0.3 is 19.3 Å². The molecule has 6 heteroatoms. The van der Waals surface area contributed by atoms with Crippen molar-refractivity contribution in [3.63, 3.8) is 0 Å². The predicted octanol–water partition coefficient (Wildman–Crippen LogP) is 12.1. The van der Waals surface area contributed by atoms with Gasteiger partial charge >= 0.3 is 0 Å². The van der Waals surface area contributed by atoms with Crippen LogP contribution in [-0.2, 0) is 4.74 Å². The van der Waals surface area contributed by atoms with E-state index in [1.165, 1.54) is 110 Å². The van der Waals surface area contributed by atoms with Gasteiger partial charge in [0.25, 0.3) is 0 Å². The molecule has 2 aromatic rings. The summed E-state index contributed by atoms with van der Waals surface area (Å²) in [5, 5.41) is 9.69. The van der Waals surface area contributed by atoms with Gasteiger partial charge in [0, 0.05) is 17.7 Å². The van der Waals surface area contributed by atoms with E-state index in [0.29, 0.717) is 24.3 Å². The van der Waals surface area contributed by atoms with Crippen LogP contribution in [0.4, 0.5) is 0 Å². The number of ketones is 2. The van der Waals surface area contributed by atoms with Crippen molar-refractivity contribution in [1.29, 1.82) is 0 Å². The lowest BCUT2D eigenvalue weighted by atomic mass is 9.96. The van der Waals surface area contributed by atoms with Gasteiger partial charge in [0.1, 0.15) is 22.7 Å². The van der Waals surface area contributed by atoms with Gasteiger partial charge in [0.15, 0.2) is 11.6 Å². The lowest BCUT2D eigenvalue weighted by Gasteiger charge is -2.24. The number of carbonyl (C=O) groups excluding carboxylic acids is 2. The summed E-state index contributed by atoms with van der Waals surface area (Å²) in [7, 11) is 0. The maximum atomic E-state index is 12.8. The second-order valence-electron chi connectivity index (χ2n) is 14.6. The average Bonchev–Trinajstić information content (AvgIpc) is 3.10. The zero-order valence-electron chi connectivity index (χ0n) is 33.0. The Kier molecular flexibility index (Phi) is 24.5. The molecule has 6 nitrogen and oxygen atoms in total. The van der Waals surface area contributed by atoms with E-state index in [-0.39, 0.29) is 11.6 Å². The maximum absolute atomic E-state index is 12.8. The fraction of sp³-hybridized carbons (Fsp3) is 0.682. The number of benzene rings is 2. The summed E-state index contributed by atoms with van der Waals surface area (Å²) in [5.41, 5.74) is -0.926. The largest absolute Gasteiger partial charge is 0.494 e. The van der Waals surface area contributed by atoms with Crippen molar-refractivity contribution in [3.8, 4) is 11.5 Å². The van der Waals surface area contributed by atoms with Crippen LogP contribution in [0, 0.1) is 0 Å². The van der Waals surface area contributed by atoms with E-state index in [2.05, 4.69) is 20.8 Å². The predicted molar refractivity (Wildman–Crippen MR) is 209 cm³/mol. The van der Waals surface area contributed by atoms with E-state index >= 15 is 0 Å². The Morgan fingerprint density at radius 1 is 0.480 bits per heavy atom. The van der Waals surface area contributed by atoms with Crippen molar-refractivity contribution < 1.29 is 28.9 Å². The van der Waals surface area contributed by atoms with Gasteiger partial charge in [0.05, 0.1) is 13.2 Å². The van der Waals surface area contributed by atoms with Crippen molar-refractivity contribution in [2.24, 2.45) is 0 Å². The molecule has 0 aliphatic heterocycles. The zero-order chi connectivity index (χ0) is 37.1. The molecule has 2 aromatic carbocycles. The van der Waals surface area contributed by atoms with Gasteiger partial charge in [-0.1, -0.05) is 117 Å². The Bertz CT molecular complexity index is 1130. The smallest absolute Gasteiger partial charge is 0.194 e. The summed E-state index contributed by atoms with van der Waals surface area (Å²) in [6.07, 6.45) is 22.3. The first-order valence-electron chi connectivity index (χ1n) is 19.9. The Morgan fingerprint density at radius 3 is 1.16 bits per heavy atom. The van der Waals surface area contributed by atoms with Crippen molar-refractivity contribution in [2.45, 2.75) is 175 Å². The first-order valence-corrected chi connectivity index (χ1v) is 19.9. The van der Waals surface area contributed by atoms with Crippen molar-refractivity contribution in [3.05, 3.63) is 59.7 Å².